The summed E-state index contributed by atoms with van der Waals surface area (Å²) in [7, 11) is 0. The molecule has 128 valence electrons. The Bertz CT molecular complexity index is 793. The first-order valence-electron chi connectivity index (χ1n) is 8.23. The maximum absolute atomic E-state index is 11.3. The van der Waals surface area contributed by atoms with Crippen molar-refractivity contribution >= 4 is 23.4 Å². The van der Waals surface area contributed by atoms with Gasteiger partial charge in [-0.2, -0.15) is 0 Å². The fraction of sp³-hybridized carbons (Fsp3) is 0.421. The van der Waals surface area contributed by atoms with Gasteiger partial charge in [-0.15, -0.1) is 0 Å². The quantitative estimate of drug-likeness (QED) is 0.818. The lowest BCUT2D eigenvalue weighted by atomic mass is 9.77. The van der Waals surface area contributed by atoms with Crippen LogP contribution in [0.1, 0.15) is 37.2 Å². The van der Waals surface area contributed by atoms with Gasteiger partial charge in [-0.3, -0.25) is 4.79 Å². The van der Waals surface area contributed by atoms with E-state index in [4.69, 9.17) is 5.73 Å². The molecule has 0 atom stereocenters. The highest BCUT2D eigenvalue weighted by Crippen LogP contribution is 2.44. The van der Waals surface area contributed by atoms with Gasteiger partial charge in [-0.1, -0.05) is 37.7 Å². The molecule has 0 unspecified atom stereocenters. The highest BCUT2D eigenvalue weighted by molar-refractivity contribution is 7.99. The standard InChI is InChI=1S/C19H24N2O2S/c1-12-18(24-16-7-5-4-6-14(16)20)13-8-9-19(2,3)10-15(13)21(12)11-17(22)23/h4-7H,8-11,20H2,1-3H3,(H,22,23). The summed E-state index contributed by atoms with van der Waals surface area (Å²) >= 11 is 1.66. The average molecular weight is 344 g/mol. The Morgan fingerprint density at radius 1 is 1.38 bits per heavy atom. The van der Waals surface area contributed by atoms with E-state index in [-0.39, 0.29) is 12.0 Å². The predicted molar refractivity (Wildman–Crippen MR) is 97.6 cm³/mol. The smallest absolute Gasteiger partial charge is 0.323 e. The number of hydrogen-bond acceptors (Lipinski definition) is 3. The maximum Gasteiger partial charge on any atom is 0.323 e. The number of fused-ring (bicyclic) bond motifs is 1. The lowest BCUT2D eigenvalue weighted by Gasteiger charge is -2.31. The molecule has 4 nitrogen and oxygen atoms in total. The second kappa shape index (κ2) is 6.20. The van der Waals surface area contributed by atoms with E-state index in [1.807, 2.05) is 35.8 Å². The van der Waals surface area contributed by atoms with E-state index in [0.29, 0.717) is 0 Å². The molecule has 0 bridgehead atoms. The van der Waals surface area contributed by atoms with Crippen molar-refractivity contribution in [1.29, 1.82) is 0 Å². The number of nitrogens with two attached hydrogens (primary N) is 1. The van der Waals surface area contributed by atoms with Gasteiger partial charge in [-0.05, 0) is 49.3 Å². The van der Waals surface area contributed by atoms with Crippen molar-refractivity contribution in [2.24, 2.45) is 5.41 Å². The second-order valence-corrected chi connectivity index (χ2v) is 8.35. The number of anilines is 1. The van der Waals surface area contributed by atoms with Crippen LogP contribution < -0.4 is 5.73 Å². The van der Waals surface area contributed by atoms with Crippen LogP contribution in [0.2, 0.25) is 0 Å². The second-order valence-electron chi connectivity index (χ2n) is 7.30. The fourth-order valence-corrected chi connectivity index (χ4v) is 4.62. The number of para-hydroxylation sites is 1. The third-order valence-electron chi connectivity index (χ3n) is 4.80. The Kier molecular flexibility index (Phi) is 4.38. The number of carboxylic acid groups (broad SMARTS) is 1. The zero-order chi connectivity index (χ0) is 17.5. The van der Waals surface area contributed by atoms with Gasteiger partial charge in [0.15, 0.2) is 0 Å². The van der Waals surface area contributed by atoms with Crippen molar-refractivity contribution in [1.82, 2.24) is 4.57 Å². The van der Waals surface area contributed by atoms with E-state index in [2.05, 4.69) is 13.8 Å². The van der Waals surface area contributed by atoms with Crippen molar-refractivity contribution in [3.05, 3.63) is 41.2 Å². The van der Waals surface area contributed by atoms with Crippen LogP contribution in [0.15, 0.2) is 34.1 Å². The Morgan fingerprint density at radius 3 is 2.75 bits per heavy atom. The number of carbonyl (C=O) groups is 1. The summed E-state index contributed by atoms with van der Waals surface area (Å²) in [5.74, 6) is -0.796. The molecule has 1 heterocycles. The average Bonchev–Trinajstić information content (AvgIpc) is 2.73. The van der Waals surface area contributed by atoms with Gasteiger partial charge < -0.3 is 15.4 Å². The van der Waals surface area contributed by atoms with Crippen LogP contribution >= 0.6 is 11.8 Å². The van der Waals surface area contributed by atoms with Crippen molar-refractivity contribution in [3.63, 3.8) is 0 Å². The SMILES string of the molecule is Cc1c(Sc2ccccc2N)c2c(n1CC(=O)O)CC(C)(C)CC2. The monoisotopic (exact) mass is 344 g/mol. The summed E-state index contributed by atoms with van der Waals surface area (Å²) in [5, 5.41) is 9.32. The van der Waals surface area contributed by atoms with E-state index in [1.54, 1.807) is 11.8 Å². The molecule has 0 spiro atoms. The molecule has 1 aliphatic carbocycles. The Balaban J connectivity index is 2.08. The zero-order valence-corrected chi connectivity index (χ0v) is 15.2. The summed E-state index contributed by atoms with van der Waals surface area (Å²) in [5.41, 5.74) is 10.6. The number of hydrogen-bond donors (Lipinski definition) is 2. The van der Waals surface area contributed by atoms with Crippen molar-refractivity contribution in [2.45, 2.75) is 56.4 Å². The molecular formula is C19H24N2O2S. The van der Waals surface area contributed by atoms with E-state index in [0.717, 1.165) is 35.5 Å². The highest BCUT2D eigenvalue weighted by atomic mass is 32.2. The number of benzene rings is 1. The first-order valence-corrected chi connectivity index (χ1v) is 9.05. The fourth-order valence-electron chi connectivity index (χ4n) is 3.47. The van der Waals surface area contributed by atoms with Crippen LogP contribution in [-0.4, -0.2) is 15.6 Å². The van der Waals surface area contributed by atoms with E-state index >= 15 is 0 Å². The lowest BCUT2D eigenvalue weighted by Crippen LogP contribution is -2.25. The van der Waals surface area contributed by atoms with Gasteiger partial charge in [0, 0.05) is 26.9 Å². The lowest BCUT2D eigenvalue weighted by molar-refractivity contribution is -0.137. The zero-order valence-electron chi connectivity index (χ0n) is 14.4. The number of nitrogens with zero attached hydrogens (tertiary/aromatic N) is 1. The van der Waals surface area contributed by atoms with Gasteiger partial charge in [0.25, 0.3) is 0 Å². The molecule has 1 aliphatic rings. The molecular weight excluding hydrogens is 320 g/mol. The van der Waals surface area contributed by atoms with Gasteiger partial charge in [0.1, 0.15) is 6.54 Å². The van der Waals surface area contributed by atoms with Crippen LogP contribution in [0.5, 0.6) is 0 Å². The molecule has 24 heavy (non-hydrogen) atoms. The number of rotatable bonds is 4. The number of nitrogen functional groups attached to an aromatic ring is 1. The van der Waals surface area contributed by atoms with Gasteiger partial charge in [0.05, 0.1) is 0 Å². The Hall–Kier alpha value is -1.88. The molecule has 1 aromatic heterocycles. The van der Waals surface area contributed by atoms with Gasteiger partial charge in [0.2, 0.25) is 0 Å². The van der Waals surface area contributed by atoms with Crippen LogP contribution in [0.3, 0.4) is 0 Å². The van der Waals surface area contributed by atoms with Gasteiger partial charge in [-0.25, -0.2) is 0 Å². The van der Waals surface area contributed by atoms with Crippen molar-refractivity contribution in [2.75, 3.05) is 5.73 Å². The molecule has 0 aliphatic heterocycles. The van der Waals surface area contributed by atoms with Crippen LogP contribution in [0.4, 0.5) is 5.69 Å². The van der Waals surface area contributed by atoms with Crippen LogP contribution in [0, 0.1) is 12.3 Å². The van der Waals surface area contributed by atoms with Gasteiger partial charge >= 0.3 is 5.97 Å². The molecule has 0 saturated heterocycles. The molecule has 0 fully saturated rings. The van der Waals surface area contributed by atoms with Crippen LogP contribution in [-0.2, 0) is 24.2 Å². The molecule has 3 rings (SSSR count). The molecule has 3 N–H and O–H groups in total. The molecule has 0 radical (unpaired) electrons. The molecule has 1 aromatic carbocycles. The maximum atomic E-state index is 11.3. The van der Waals surface area contributed by atoms with Crippen LogP contribution in [0.25, 0.3) is 0 Å². The summed E-state index contributed by atoms with van der Waals surface area (Å²) < 4.78 is 1.99. The summed E-state index contributed by atoms with van der Waals surface area (Å²) in [6.07, 6.45) is 3.03. The molecule has 0 amide bonds. The molecule has 5 heteroatoms. The van der Waals surface area contributed by atoms with Crippen molar-refractivity contribution < 1.29 is 9.90 Å². The molecule has 0 saturated carbocycles. The Labute approximate surface area is 147 Å². The first kappa shape index (κ1) is 17.0. The highest BCUT2D eigenvalue weighted by Gasteiger charge is 2.32. The van der Waals surface area contributed by atoms with Crippen molar-refractivity contribution in [3.8, 4) is 0 Å². The normalized spacial score (nSPS) is 16.0. The number of aromatic nitrogens is 1. The minimum Gasteiger partial charge on any atom is -0.480 e. The summed E-state index contributed by atoms with van der Waals surface area (Å²) in [6.45, 7) is 6.56. The molecule has 2 aromatic rings. The third kappa shape index (κ3) is 3.18. The Morgan fingerprint density at radius 2 is 2.08 bits per heavy atom. The third-order valence-corrected chi connectivity index (χ3v) is 6.14. The summed E-state index contributed by atoms with van der Waals surface area (Å²) in [4.78, 5) is 13.6. The van der Waals surface area contributed by atoms with E-state index in [1.165, 1.54) is 16.2 Å². The van der Waals surface area contributed by atoms with E-state index in [9.17, 15) is 9.90 Å². The summed E-state index contributed by atoms with van der Waals surface area (Å²) in [6, 6.07) is 7.84. The number of aliphatic carboxylic acids is 1. The topological polar surface area (TPSA) is 68.2 Å². The largest absolute Gasteiger partial charge is 0.480 e. The predicted octanol–water partition coefficient (Wildman–Crippen LogP) is 4.13. The number of carboxylic acids is 1. The minimum atomic E-state index is -0.796. The minimum absolute atomic E-state index is 0.0229. The first-order chi connectivity index (χ1) is 11.3. The van der Waals surface area contributed by atoms with E-state index < -0.39 is 5.97 Å².